The van der Waals surface area contributed by atoms with E-state index in [-0.39, 0.29) is 23.3 Å². The summed E-state index contributed by atoms with van der Waals surface area (Å²) in [6.07, 6.45) is 0.259. The van der Waals surface area contributed by atoms with E-state index in [0.29, 0.717) is 24.4 Å². The molecule has 6 nitrogen and oxygen atoms in total. The first kappa shape index (κ1) is 20.5. The average molecular weight is 385 g/mol. The van der Waals surface area contributed by atoms with E-state index in [9.17, 15) is 9.59 Å². The summed E-state index contributed by atoms with van der Waals surface area (Å²) in [7, 11) is 1.58. The van der Waals surface area contributed by atoms with Crippen molar-refractivity contribution in [3.63, 3.8) is 0 Å². The molecule has 2 rings (SSSR count). The zero-order chi connectivity index (χ0) is 19.6. The molecular weight excluding hydrogens is 362 g/mol. The lowest BCUT2D eigenvalue weighted by Crippen LogP contribution is -2.35. The van der Waals surface area contributed by atoms with E-state index >= 15 is 0 Å². The normalized spacial score (nSPS) is 10.1. The number of carbonyl (C=O) groups is 2. The highest BCUT2D eigenvalue weighted by Crippen LogP contribution is 2.10. The highest BCUT2D eigenvalue weighted by molar-refractivity contribution is 7.80. The summed E-state index contributed by atoms with van der Waals surface area (Å²) in [5.41, 5.74) is 3.24. The zero-order valence-electron chi connectivity index (χ0n) is 15.4. The summed E-state index contributed by atoms with van der Waals surface area (Å²) in [6.45, 7) is 2.88. The van der Waals surface area contributed by atoms with Gasteiger partial charge in [0.25, 0.3) is 5.91 Å². The number of methoxy groups -OCH3 is 1. The number of ether oxygens (including phenoxy) is 1. The minimum absolute atomic E-state index is 0.173. The van der Waals surface area contributed by atoms with Crippen molar-refractivity contribution in [2.24, 2.45) is 0 Å². The Hall–Kier alpha value is -2.77. The zero-order valence-corrected chi connectivity index (χ0v) is 16.2. The van der Waals surface area contributed by atoms with Crippen LogP contribution in [0.3, 0.4) is 0 Å². The first-order valence-electron chi connectivity index (χ1n) is 8.52. The van der Waals surface area contributed by atoms with Gasteiger partial charge in [-0.15, -0.1) is 0 Å². The van der Waals surface area contributed by atoms with Gasteiger partial charge in [0.15, 0.2) is 5.11 Å². The van der Waals surface area contributed by atoms with Crippen molar-refractivity contribution in [1.29, 1.82) is 0 Å². The molecular formula is C20H23N3O3S. The van der Waals surface area contributed by atoms with Gasteiger partial charge in [0.2, 0.25) is 5.91 Å². The van der Waals surface area contributed by atoms with Gasteiger partial charge in [-0.05, 0) is 54.5 Å². The third-order valence-electron chi connectivity index (χ3n) is 3.86. The minimum Gasteiger partial charge on any atom is -0.383 e. The molecule has 0 heterocycles. The Labute approximate surface area is 164 Å². The molecule has 0 unspecified atom stereocenters. The maximum Gasteiger partial charge on any atom is 0.251 e. The predicted molar refractivity (Wildman–Crippen MR) is 110 cm³/mol. The number of aryl methyl sites for hydroxylation is 1. The molecule has 0 aliphatic heterocycles. The molecule has 2 aromatic carbocycles. The van der Waals surface area contributed by atoms with Crippen LogP contribution < -0.4 is 16.0 Å². The molecule has 7 heteroatoms. The first-order valence-corrected chi connectivity index (χ1v) is 8.93. The van der Waals surface area contributed by atoms with Gasteiger partial charge in [0.1, 0.15) is 0 Å². The number of hydrogen-bond donors (Lipinski definition) is 3. The number of carbonyl (C=O) groups excluding carboxylic acids is 2. The van der Waals surface area contributed by atoms with Crippen molar-refractivity contribution in [1.82, 2.24) is 10.6 Å². The highest BCUT2D eigenvalue weighted by Gasteiger charge is 2.09. The summed E-state index contributed by atoms with van der Waals surface area (Å²) >= 11 is 5.18. The Bertz CT molecular complexity index is 806. The Balaban J connectivity index is 1.84. The summed E-state index contributed by atoms with van der Waals surface area (Å²) in [4.78, 5) is 24.1. The van der Waals surface area contributed by atoms with Gasteiger partial charge in [-0.25, -0.2) is 0 Å². The van der Waals surface area contributed by atoms with Crippen LogP contribution in [0.15, 0.2) is 48.5 Å². The molecule has 27 heavy (non-hydrogen) atoms. The molecule has 0 saturated heterocycles. The highest BCUT2D eigenvalue weighted by atomic mass is 32.1. The van der Waals surface area contributed by atoms with Gasteiger partial charge in [-0.1, -0.05) is 24.3 Å². The molecule has 0 aromatic heterocycles. The predicted octanol–water partition coefficient (Wildman–Crippen LogP) is 2.43. The van der Waals surface area contributed by atoms with Gasteiger partial charge in [0, 0.05) is 24.9 Å². The molecule has 0 aliphatic carbocycles. The summed E-state index contributed by atoms with van der Waals surface area (Å²) < 4.78 is 4.89. The SMILES string of the molecule is COCCNC(=O)c1ccc(NC(=S)NC(=O)Cc2ccccc2C)cc1. The fourth-order valence-electron chi connectivity index (χ4n) is 2.39. The largest absolute Gasteiger partial charge is 0.383 e. The summed E-state index contributed by atoms with van der Waals surface area (Å²) in [5.74, 6) is -0.358. The molecule has 0 saturated carbocycles. The lowest BCUT2D eigenvalue weighted by molar-refractivity contribution is -0.119. The number of rotatable bonds is 7. The van der Waals surface area contributed by atoms with Crippen molar-refractivity contribution in [3.05, 3.63) is 65.2 Å². The third kappa shape index (κ3) is 6.80. The van der Waals surface area contributed by atoms with Crippen molar-refractivity contribution >= 4 is 34.8 Å². The van der Waals surface area contributed by atoms with Crippen LogP contribution in [0.25, 0.3) is 0 Å². The van der Waals surface area contributed by atoms with Crippen LogP contribution >= 0.6 is 12.2 Å². The fourth-order valence-corrected chi connectivity index (χ4v) is 2.62. The average Bonchev–Trinajstić information content (AvgIpc) is 2.64. The lowest BCUT2D eigenvalue weighted by atomic mass is 10.1. The minimum atomic E-state index is -0.184. The van der Waals surface area contributed by atoms with Crippen LogP contribution in [0, 0.1) is 6.92 Å². The van der Waals surface area contributed by atoms with Crippen LogP contribution in [0.2, 0.25) is 0 Å². The lowest BCUT2D eigenvalue weighted by Gasteiger charge is -2.11. The summed E-state index contributed by atoms with van der Waals surface area (Å²) in [5, 5.41) is 8.56. The van der Waals surface area contributed by atoms with Crippen LogP contribution in [0.4, 0.5) is 5.69 Å². The molecule has 0 spiro atoms. The van der Waals surface area contributed by atoms with Crippen LogP contribution in [-0.4, -0.2) is 37.2 Å². The standard InChI is InChI=1S/C20H23N3O3S/c1-14-5-3-4-6-16(14)13-18(24)23-20(27)22-17-9-7-15(8-10-17)19(25)21-11-12-26-2/h3-10H,11-13H2,1-2H3,(H,21,25)(H2,22,23,24,27). The van der Waals surface area contributed by atoms with Crippen molar-refractivity contribution in [2.75, 3.05) is 25.6 Å². The second-order valence-electron chi connectivity index (χ2n) is 5.93. The molecule has 142 valence electrons. The van der Waals surface area contributed by atoms with Crippen LogP contribution in [0.5, 0.6) is 0 Å². The number of nitrogens with one attached hydrogen (secondary N) is 3. The van der Waals surface area contributed by atoms with Gasteiger partial charge in [-0.3, -0.25) is 9.59 Å². The third-order valence-corrected chi connectivity index (χ3v) is 4.07. The van der Waals surface area contributed by atoms with Crippen molar-refractivity contribution in [2.45, 2.75) is 13.3 Å². The smallest absolute Gasteiger partial charge is 0.251 e. The van der Waals surface area contributed by atoms with Crippen LogP contribution in [-0.2, 0) is 16.0 Å². The first-order chi connectivity index (χ1) is 13.0. The number of thiocarbonyl (C=S) groups is 1. The molecule has 0 radical (unpaired) electrons. The van der Waals surface area contributed by atoms with E-state index < -0.39 is 0 Å². The topological polar surface area (TPSA) is 79.5 Å². The molecule has 0 aliphatic rings. The molecule has 3 N–H and O–H groups in total. The molecule has 0 fully saturated rings. The quantitative estimate of drug-likeness (QED) is 0.504. The second kappa shape index (κ2) is 10.4. The summed E-state index contributed by atoms with van der Waals surface area (Å²) in [6, 6.07) is 14.5. The molecule has 0 atom stereocenters. The van der Waals surface area contributed by atoms with Gasteiger partial charge in [0.05, 0.1) is 13.0 Å². The van der Waals surface area contributed by atoms with E-state index in [2.05, 4.69) is 16.0 Å². The van der Waals surface area contributed by atoms with Gasteiger partial charge >= 0.3 is 0 Å². The Morgan fingerprint density at radius 3 is 2.44 bits per heavy atom. The van der Waals surface area contributed by atoms with Gasteiger partial charge < -0.3 is 20.7 Å². The van der Waals surface area contributed by atoms with E-state index in [1.807, 2.05) is 31.2 Å². The maximum absolute atomic E-state index is 12.1. The maximum atomic E-state index is 12.1. The Kier molecular flexibility index (Phi) is 7.91. The van der Waals surface area contributed by atoms with Crippen LogP contribution in [0.1, 0.15) is 21.5 Å². The number of benzene rings is 2. The van der Waals surface area contributed by atoms with Crippen molar-refractivity contribution in [3.8, 4) is 0 Å². The fraction of sp³-hybridized carbons (Fsp3) is 0.250. The molecule has 2 aromatic rings. The van der Waals surface area contributed by atoms with E-state index in [4.69, 9.17) is 17.0 Å². The molecule has 0 bridgehead atoms. The second-order valence-corrected chi connectivity index (χ2v) is 6.34. The monoisotopic (exact) mass is 385 g/mol. The van der Waals surface area contributed by atoms with Crippen molar-refractivity contribution < 1.29 is 14.3 Å². The Morgan fingerprint density at radius 2 is 1.78 bits per heavy atom. The van der Waals surface area contributed by atoms with Gasteiger partial charge in [-0.2, -0.15) is 0 Å². The number of hydrogen-bond acceptors (Lipinski definition) is 4. The van der Waals surface area contributed by atoms with E-state index in [0.717, 1.165) is 11.1 Å². The molecule has 2 amide bonds. The number of anilines is 1. The van der Waals surface area contributed by atoms with E-state index in [1.54, 1.807) is 31.4 Å². The Morgan fingerprint density at radius 1 is 1.07 bits per heavy atom. The number of amides is 2. The van der Waals surface area contributed by atoms with E-state index in [1.165, 1.54) is 0 Å².